The Labute approximate surface area is 233 Å². The summed E-state index contributed by atoms with van der Waals surface area (Å²) >= 11 is 0. The average molecular weight is 535 g/mol. The van der Waals surface area contributed by atoms with E-state index in [0.29, 0.717) is 28.2 Å². The molecule has 2 N–H and O–H groups in total. The molecule has 1 aliphatic heterocycles. The molecule has 202 valence electrons. The third-order valence-electron chi connectivity index (χ3n) is 7.53. The fraction of sp³-hybridized carbons (Fsp3) is 0.182. The molecule has 1 aliphatic rings. The van der Waals surface area contributed by atoms with Crippen LogP contribution in [0.25, 0.3) is 0 Å². The number of nitrogens with zero attached hydrogens (tertiary/aromatic N) is 1. The third-order valence-corrected chi connectivity index (χ3v) is 7.53. The van der Waals surface area contributed by atoms with E-state index in [-0.39, 0.29) is 11.7 Å². The van der Waals surface area contributed by atoms with E-state index in [9.17, 15) is 14.4 Å². The van der Waals surface area contributed by atoms with Crippen LogP contribution in [-0.4, -0.2) is 42.8 Å². The van der Waals surface area contributed by atoms with Gasteiger partial charge < -0.3 is 20.1 Å². The SMILES string of the molecule is COc1ccc(C(=O)C2C(c3ccccc3)C(C(N)=O)N(C(=O)c3ccccc3)C2c2ccc(OC)cc2)cc1. The van der Waals surface area contributed by atoms with Gasteiger partial charge in [0.1, 0.15) is 17.5 Å². The second kappa shape index (κ2) is 11.5. The number of amides is 2. The molecule has 40 heavy (non-hydrogen) atoms. The normalized spacial score (nSPS) is 20.1. The Morgan fingerprint density at radius 3 is 1.70 bits per heavy atom. The first-order valence-corrected chi connectivity index (χ1v) is 13.0. The van der Waals surface area contributed by atoms with Crippen LogP contribution in [0, 0.1) is 5.92 Å². The van der Waals surface area contributed by atoms with Crippen LogP contribution < -0.4 is 15.2 Å². The molecule has 4 aromatic carbocycles. The molecule has 4 unspecified atom stereocenters. The lowest BCUT2D eigenvalue weighted by atomic mass is 9.76. The van der Waals surface area contributed by atoms with Crippen LogP contribution in [0.15, 0.2) is 109 Å². The van der Waals surface area contributed by atoms with Crippen LogP contribution in [0.2, 0.25) is 0 Å². The molecule has 0 saturated carbocycles. The number of methoxy groups -OCH3 is 2. The smallest absolute Gasteiger partial charge is 0.255 e. The van der Waals surface area contributed by atoms with Crippen LogP contribution in [0.4, 0.5) is 0 Å². The maximum absolute atomic E-state index is 14.5. The highest BCUT2D eigenvalue weighted by atomic mass is 16.5. The summed E-state index contributed by atoms with van der Waals surface area (Å²) in [6, 6.07) is 30.3. The Morgan fingerprint density at radius 1 is 0.650 bits per heavy atom. The summed E-state index contributed by atoms with van der Waals surface area (Å²) in [6.07, 6.45) is 0. The highest BCUT2D eigenvalue weighted by Gasteiger charge is 2.57. The lowest BCUT2D eigenvalue weighted by molar-refractivity contribution is -0.122. The quantitative estimate of drug-likeness (QED) is 0.320. The molecule has 4 aromatic rings. The van der Waals surface area contributed by atoms with Crippen LogP contribution >= 0.6 is 0 Å². The largest absolute Gasteiger partial charge is 0.497 e. The summed E-state index contributed by atoms with van der Waals surface area (Å²) in [4.78, 5) is 43.4. The lowest BCUT2D eigenvalue weighted by Crippen LogP contribution is -2.46. The van der Waals surface area contributed by atoms with Crippen molar-refractivity contribution in [2.24, 2.45) is 11.7 Å². The van der Waals surface area contributed by atoms with E-state index in [4.69, 9.17) is 15.2 Å². The third kappa shape index (κ3) is 4.94. The number of ether oxygens (including phenoxy) is 2. The van der Waals surface area contributed by atoms with Gasteiger partial charge in [-0.1, -0.05) is 60.7 Å². The molecule has 1 saturated heterocycles. The van der Waals surface area contributed by atoms with Crippen molar-refractivity contribution in [1.82, 2.24) is 4.90 Å². The molecule has 1 fully saturated rings. The number of carbonyl (C=O) groups is 3. The maximum Gasteiger partial charge on any atom is 0.255 e. The molecule has 4 atom stereocenters. The van der Waals surface area contributed by atoms with Crippen LogP contribution in [-0.2, 0) is 4.79 Å². The van der Waals surface area contributed by atoms with Gasteiger partial charge in [-0.05, 0) is 59.7 Å². The highest BCUT2D eigenvalue weighted by Crippen LogP contribution is 2.51. The second-order valence-electron chi connectivity index (χ2n) is 9.70. The molecule has 0 spiro atoms. The van der Waals surface area contributed by atoms with Gasteiger partial charge in [0, 0.05) is 17.0 Å². The van der Waals surface area contributed by atoms with Gasteiger partial charge >= 0.3 is 0 Å². The molecule has 0 aliphatic carbocycles. The van der Waals surface area contributed by atoms with Crippen molar-refractivity contribution in [2.75, 3.05) is 14.2 Å². The minimum Gasteiger partial charge on any atom is -0.497 e. The minimum atomic E-state index is -1.07. The van der Waals surface area contributed by atoms with Crippen LogP contribution in [0.5, 0.6) is 11.5 Å². The van der Waals surface area contributed by atoms with Gasteiger partial charge in [0.2, 0.25) is 5.91 Å². The lowest BCUT2D eigenvalue weighted by Gasteiger charge is -2.31. The number of ketones is 1. The Hall–Kier alpha value is -4.91. The van der Waals surface area contributed by atoms with E-state index in [1.54, 1.807) is 74.9 Å². The van der Waals surface area contributed by atoms with Crippen molar-refractivity contribution in [2.45, 2.75) is 18.0 Å². The molecule has 7 heteroatoms. The minimum absolute atomic E-state index is 0.202. The number of likely N-dealkylation sites (tertiary alicyclic amines) is 1. The van der Waals surface area contributed by atoms with Crippen molar-refractivity contribution in [3.8, 4) is 11.5 Å². The van der Waals surface area contributed by atoms with E-state index in [2.05, 4.69) is 0 Å². The van der Waals surface area contributed by atoms with Gasteiger partial charge in [-0.15, -0.1) is 0 Å². The number of nitrogens with two attached hydrogens (primary N) is 1. The number of primary amides is 1. The fourth-order valence-corrected chi connectivity index (χ4v) is 5.70. The Bertz CT molecular complexity index is 1490. The molecular weight excluding hydrogens is 504 g/mol. The number of hydrogen-bond acceptors (Lipinski definition) is 5. The Kier molecular flexibility index (Phi) is 7.64. The average Bonchev–Trinajstić information content (AvgIpc) is 3.37. The number of rotatable bonds is 8. The van der Waals surface area contributed by atoms with Crippen LogP contribution in [0.1, 0.15) is 43.8 Å². The van der Waals surface area contributed by atoms with Gasteiger partial charge in [-0.3, -0.25) is 14.4 Å². The number of Topliss-reactive ketones (excluding diaryl/α,β-unsaturated/α-hetero) is 1. The summed E-state index contributed by atoms with van der Waals surface area (Å²) in [5, 5.41) is 0. The molecule has 7 nitrogen and oxygen atoms in total. The molecule has 0 radical (unpaired) electrons. The molecule has 1 heterocycles. The van der Waals surface area contributed by atoms with Crippen molar-refractivity contribution < 1.29 is 23.9 Å². The van der Waals surface area contributed by atoms with Crippen molar-refractivity contribution in [1.29, 1.82) is 0 Å². The summed E-state index contributed by atoms with van der Waals surface area (Å²) in [5.74, 6) is -1.51. The van der Waals surface area contributed by atoms with Gasteiger partial charge in [-0.25, -0.2) is 0 Å². The van der Waals surface area contributed by atoms with Gasteiger partial charge in [-0.2, -0.15) is 0 Å². The fourth-order valence-electron chi connectivity index (χ4n) is 5.70. The summed E-state index contributed by atoms with van der Waals surface area (Å²) in [5.41, 5.74) is 8.37. The number of benzene rings is 4. The zero-order valence-electron chi connectivity index (χ0n) is 22.3. The Balaban J connectivity index is 1.75. The molecule has 0 bridgehead atoms. The zero-order valence-corrected chi connectivity index (χ0v) is 22.3. The Morgan fingerprint density at radius 2 is 1.18 bits per heavy atom. The topological polar surface area (TPSA) is 98.9 Å². The zero-order chi connectivity index (χ0) is 28.2. The predicted octanol–water partition coefficient (Wildman–Crippen LogP) is 5.04. The molecule has 5 rings (SSSR count). The van der Waals surface area contributed by atoms with E-state index in [1.165, 1.54) is 4.90 Å². The molecule has 0 aromatic heterocycles. The van der Waals surface area contributed by atoms with Gasteiger partial charge in [0.25, 0.3) is 5.91 Å². The summed E-state index contributed by atoms with van der Waals surface area (Å²) in [7, 11) is 3.13. The monoisotopic (exact) mass is 534 g/mol. The molecule has 2 amide bonds. The van der Waals surface area contributed by atoms with Crippen molar-refractivity contribution >= 4 is 17.6 Å². The first-order valence-electron chi connectivity index (χ1n) is 13.0. The van der Waals surface area contributed by atoms with Gasteiger partial charge in [0.15, 0.2) is 5.78 Å². The highest BCUT2D eigenvalue weighted by molar-refractivity contribution is 6.04. The predicted molar refractivity (Wildman–Crippen MR) is 151 cm³/mol. The first kappa shape index (κ1) is 26.7. The van der Waals surface area contributed by atoms with Crippen molar-refractivity contribution in [3.05, 3.63) is 131 Å². The number of carbonyl (C=O) groups excluding carboxylic acids is 3. The second-order valence-corrected chi connectivity index (χ2v) is 9.70. The molecular formula is C33H30N2O5. The maximum atomic E-state index is 14.5. The van der Waals surface area contributed by atoms with E-state index in [0.717, 1.165) is 5.56 Å². The van der Waals surface area contributed by atoms with E-state index in [1.807, 2.05) is 48.5 Å². The summed E-state index contributed by atoms with van der Waals surface area (Å²) < 4.78 is 10.6. The van der Waals surface area contributed by atoms with E-state index < -0.39 is 29.8 Å². The van der Waals surface area contributed by atoms with E-state index >= 15 is 0 Å². The summed E-state index contributed by atoms with van der Waals surface area (Å²) in [6.45, 7) is 0. The standard InChI is InChI=1S/C33H30N2O5/c1-39-25-17-13-22(14-18-25)29-28(31(36)23-15-19-26(40-2)20-16-23)27(21-9-5-3-6-10-21)30(32(34)37)35(29)33(38)24-11-7-4-8-12-24/h3-20,27-30H,1-2H3,(H2,34,37). The van der Waals surface area contributed by atoms with Crippen LogP contribution in [0.3, 0.4) is 0 Å². The number of hydrogen-bond donors (Lipinski definition) is 1. The van der Waals surface area contributed by atoms with Crippen molar-refractivity contribution in [3.63, 3.8) is 0 Å². The first-order chi connectivity index (χ1) is 19.4. The van der Waals surface area contributed by atoms with Gasteiger partial charge in [0.05, 0.1) is 26.2 Å².